The van der Waals surface area contributed by atoms with Crippen molar-refractivity contribution in [1.82, 2.24) is 0 Å². The Hall–Kier alpha value is -0.441. The molecule has 2 aliphatic carbocycles. The summed E-state index contributed by atoms with van der Waals surface area (Å²) in [6.45, 7) is 22.3. The van der Waals surface area contributed by atoms with E-state index in [1.54, 1.807) is 10.6 Å². The molecule has 2 aromatic rings. The fourth-order valence-electron chi connectivity index (χ4n) is 6.87. The summed E-state index contributed by atoms with van der Waals surface area (Å²) < 4.78 is 0. The Morgan fingerprint density at radius 1 is 0.692 bits per heavy atom. The molecule has 0 spiro atoms. The molecule has 39 heavy (non-hydrogen) atoms. The van der Waals surface area contributed by atoms with Crippen LogP contribution in [0.1, 0.15) is 98.1 Å². The molecule has 0 heterocycles. The van der Waals surface area contributed by atoms with Gasteiger partial charge >= 0.3 is 17.1 Å². The van der Waals surface area contributed by atoms with Gasteiger partial charge < -0.3 is 14.9 Å². The number of hydrogen-bond donors (Lipinski definition) is 0. The van der Waals surface area contributed by atoms with Crippen LogP contribution >= 0.6 is 15.8 Å². The van der Waals surface area contributed by atoms with Crippen molar-refractivity contribution in [2.75, 3.05) is 0 Å². The van der Waals surface area contributed by atoms with Gasteiger partial charge in [0.25, 0.3) is 0 Å². The third kappa shape index (κ3) is 10.1. The Bertz CT molecular complexity index is 932. The van der Waals surface area contributed by atoms with Gasteiger partial charge in [-0.05, 0) is 103 Å². The van der Waals surface area contributed by atoms with Gasteiger partial charge in [-0.15, -0.1) is 0 Å². The van der Waals surface area contributed by atoms with Crippen molar-refractivity contribution in [3.8, 4) is 0 Å². The molecule has 1 fully saturated rings. The second-order valence-corrected chi connectivity index (χ2v) is 19.6. The molecular weight excluding hydrogens is 550 g/mol. The van der Waals surface area contributed by atoms with Crippen LogP contribution in [-0.2, 0) is 17.1 Å². The predicted molar refractivity (Wildman–Crippen MR) is 181 cm³/mol. The average molecular weight is 609 g/mol. The smallest absolute Gasteiger partial charge is 0.358 e. The predicted octanol–water partition coefficient (Wildman–Crippen LogP) is 11.0. The van der Waals surface area contributed by atoms with Gasteiger partial charge in [-0.2, -0.15) is 0 Å². The SMILES string of the molecule is C1=CCCC1.Cc1ccccc1P(c1ccccc1C)[C@H](C)C1CCCC1P(C(C)(C)C)C(C)(C)C.[CH3-].[CH3-].[Fe+2]. The molecule has 0 saturated heterocycles. The molecule has 0 aromatic heterocycles. The van der Waals surface area contributed by atoms with Crippen LogP contribution in [0.15, 0.2) is 60.7 Å². The molecule has 0 aliphatic heterocycles. The van der Waals surface area contributed by atoms with Crippen molar-refractivity contribution in [1.29, 1.82) is 0 Å². The zero-order valence-electron chi connectivity index (χ0n) is 27.0. The first kappa shape index (κ1) is 38.6. The molecule has 4 rings (SSSR count). The van der Waals surface area contributed by atoms with E-state index in [0.717, 1.165) is 11.6 Å². The van der Waals surface area contributed by atoms with E-state index >= 15 is 0 Å². The minimum Gasteiger partial charge on any atom is -0.358 e. The summed E-state index contributed by atoms with van der Waals surface area (Å²) in [4.78, 5) is 0. The van der Waals surface area contributed by atoms with Crippen LogP contribution in [0, 0.1) is 34.6 Å². The topological polar surface area (TPSA) is 0 Å². The van der Waals surface area contributed by atoms with Crippen LogP contribution in [0.4, 0.5) is 0 Å². The average Bonchev–Trinajstić information content (AvgIpc) is 3.50. The van der Waals surface area contributed by atoms with Crippen molar-refractivity contribution >= 4 is 26.5 Å². The van der Waals surface area contributed by atoms with Gasteiger partial charge in [-0.25, -0.2) is 0 Å². The largest absolute Gasteiger partial charge is 2.00 e. The summed E-state index contributed by atoms with van der Waals surface area (Å²) in [5.74, 6) is 0.829. The third-order valence-corrected chi connectivity index (χ3v) is 15.4. The zero-order valence-corrected chi connectivity index (χ0v) is 29.9. The van der Waals surface area contributed by atoms with Gasteiger partial charge in [0.15, 0.2) is 0 Å². The summed E-state index contributed by atoms with van der Waals surface area (Å²) in [6.07, 6.45) is 12.8. The van der Waals surface area contributed by atoms with E-state index < -0.39 is 0 Å². The fraction of sp³-hybridized carbons (Fsp3) is 0.556. The van der Waals surface area contributed by atoms with Gasteiger partial charge in [-0.3, -0.25) is 0 Å². The maximum atomic E-state index is 2.60. The molecule has 3 heteroatoms. The first-order valence-electron chi connectivity index (χ1n) is 14.3. The molecular formula is C36H58FeP2. The van der Waals surface area contributed by atoms with Crippen LogP contribution < -0.4 is 10.6 Å². The van der Waals surface area contributed by atoms with E-state index in [4.69, 9.17) is 0 Å². The van der Waals surface area contributed by atoms with Gasteiger partial charge in [0, 0.05) is 0 Å². The standard InChI is InChI=1S/C29H44P2.C5H8.2CH3.Fe/c1-21-15-10-12-18-25(21)30(26-19-13-11-16-22(26)2)23(3)24-17-14-20-27(24)31(28(4,5)6)29(7,8)9;1-2-4-5-3-1;;;/h10-13,15-16,18-19,23-24,27H,14,17,20H2,1-9H3;1-2H,3-5H2;2*1H3;/q;;2*-1;+2/t23-,24?,27?;;;;/m1..../s1. The van der Waals surface area contributed by atoms with Gasteiger partial charge in [0.2, 0.25) is 0 Å². The summed E-state index contributed by atoms with van der Waals surface area (Å²) in [5, 5.41) is 3.99. The summed E-state index contributed by atoms with van der Waals surface area (Å²) in [5.41, 5.74) is 4.52. The summed E-state index contributed by atoms with van der Waals surface area (Å²) in [6, 6.07) is 18.4. The first-order chi connectivity index (χ1) is 16.9. The Morgan fingerprint density at radius 3 is 1.49 bits per heavy atom. The number of hydrogen-bond acceptors (Lipinski definition) is 0. The number of aryl methyl sites for hydroxylation is 2. The second-order valence-electron chi connectivity index (χ2n) is 13.0. The molecule has 0 radical (unpaired) electrons. The van der Waals surface area contributed by atoms with E-state index in [9.17, 15) is 0 Å². The maximum absolute atomic E-state index is 2.60. The van der Waals surface area contributed by atoms with E-state index in [-0.39, 0.29) is 47.8 Å². The minimum atomic E-state index is -0.378. The molecule has 0 bridgehead atoms. The summed E-state index contributed by atoms with van der Waals surface area (Å²) >= 11 is 0. The second kappa shape index (κ2) is 16.9. The molecule has 2 aliphatic rings. The van der Waals surface area contributed by atoms with Crippen molar-refractivity contribution in [2.24, 2.45) is 5.92 Å². The zero-order chi connectivity index (χ0) is 26.5. The van der Waals surface area contributed by atoms with Gasteiger partial charge in [0.05, 0.1) is 0 Å². The molecule has 220 valence electrons. The van der Waals surface area contributed by atoms with Crippen molar-refractivity contribution in [2.45, 2.75) is 122 Å². The minimum absolute atomic E-state index is 0. The van der Waals surface area contributed by atoms with E-state index in [2.05, 4.69) is 123 Å². The summed E-state index contributed by atoms with van der Waals surface area (Å²) in [7, 11) is -0.461. The van der Waals surface area contributed by atoms with Crippen LogP contribution in [0.2, 0.25) is 0 Å². The van der Waals surface area contributed by atoms with E-state index in [0.29, 0.717) is 16.0 Å². The van der Waals surface area contributed by atoms with Crippen molar-refractivity contribution in [3.63, 3.8) is 0 Å². The van der Waals surface area contributed by atoms with Crippen LogP contribution in [0.25, 0.3) is 0 Å². The van der Waals surface area contributed by atoms with Gasteiger partial charge in [-0.1, -0.05) is 123 Å². The number of allylic oxidation sites excluding steroid dienone is 2. The quantitative estimate of drug-likeness (QED) is 0.137. The molecule has 0 amide bonds. The Balaban J connectivity index is 0.00000162. The van der Waals surface area contributed by atoms with Crippen LogP contribution in [0.5, 0.6) is 0 Å². The monoisotopic (exact) mass is 608 g/mol. The van der Waals surface area contributed by atoms with Gasteiger partial charge in [0.1, 0.15) is 0 Å². The first-order valence-corrected chi connectivity index (χ1v) is 17.1. The normalized spacial score (nSPS) is 19.5. The number of rotatable bonds is 5. The number of benzene rings is 2. The fourth-order valence-corrected chi connectivity index (χ4v) is 15.5. The molecule has 2 aromatic carbocycles. The Morgan fingerprint density at radius 2 is 1.13 bits per heavy atom. The maximum Gasteiger partial charge on any atom is 2.00 e. The van der Waals surface area contributed by atoms with E-state index in [1.165, 1.54) is 49.7 Å². The molecule has 2 unspecified atom stereocenters. The Labute approximate surface area is 257 Å². The van der Waals surface area contributed by atoms with Crippen molar-refractivity contribution < 1.29 is 17.1 Å². The molecule has 0 nitrogen and oxygen atoms in total. The van der Waals surface area contributed by atoms with Crippen LogP contribution in [0.3, 0.4) is 0 Å². The van der Waals surface area contributed by atoms with Crippen LogP contribution in [-0.4, -0.2) is 21.6 Å². The third-order valence-electron chi connectivity index (χ3n) is 7.99. The van der Waals surface area contributed by atoms with Crippen molar-refractivity contribution in [3.05, 3.63) is 86.7 Å². The molecule has 1 saturated carbocycles. The molecule has 0 N–H and O–H groups in total. The van der Waals surface area contributed by atoms with E-state index in [1.807, 2.05) is 0 Å². The Kier molecular flexibility index (Phi) is 16.7. The molecule has 3 atom stereocenters.